The van der Waals surface area contributed by atoms with E-state index in [1.807, 2.05) is 78.9 Å². The van der Waals surface area contributed by atoms with E-state index < -0.39 is 30.6 Å². The number of ether oxygens (including phenoxy) is 5. The highest BCUT2D eigenvalue weighted by atomic mass is 16.7. The Kier molecular flexibility index (Phi) is 10.6. The Morgan fingerprint density at radius 2 is 1.47 bits per heavy atom. The van der Waals surface area contributed by atoms with Gasteiger partial charge in [-0.15, -0.1) is 6.58 Å². The molecule has 1 N–H and O–H groups in total. The molecule has 5 atom stereocenters. The highest BCUT2D eigenvalue weighted by Crippen LogP contribution is 2.28. The van der Waals surface area contributed by atoms with Gasteiger partial charge in [-0.05, 0) is 23.3 Å². The summed E-state index contributed by atoms with van der Waals surface area (Å²) in [4.78, 5) is 13.1. The van der Waals surface area contributed by atoms with Crippen LogP contribution in [0.3, 0.4) is 0 Å². The first-order chi connectivity index (χ1) is 18.7. The molecular formula is C31H35NO6. The molecule has 200 valence electrons. The molecular weight excluding hydrogens is 482 g/mol. The van der Waals surface area contributed by atoms with Crippen molar-refractivity contribution >= 4 is 5.91 Å². The van der Waals surface area contributed by atoms with Crippen molar-refractivity contribution < 1.29 is 28.5 Å². The number of nitrogens with one attached hydrogen (secondary N) is 1. The topological polar surface area (TPSA) is 75.3 Å². The molecule has 1 amide bonds. The fraction of sp³-hybridized carbons (Fsp3) is 0.323. The highest BCUT2D eigenvalue weighted by Gasteiger charge is 2.48. The Hall–Kier alpha value is -3.33. The van der Waals surface area contributed by atoms with E-state index in [0.717, 1.165) is 11.1 Å². The Morgan fingerprint density at radius 3 is 2.08 bits per heavy atom. The second-order valence-corrected chi connectivity index (χ2v) is 8.99. The van der Waals surface area contributed by atoms with Gasteiger partial charge in [-0.1, -0.05) is 84.9 Å². The summed E-state index contributed by atoms with van der Waals surface area (Å²) in [6.07, 6.45) is -0.763. The monoisotopic (exact) mass is 517 g/mol. The fourth-order valence-electron chi connectivity index (χ4n) is 4.43. The summed E-state index contributed by atoms with van der Waals surface area (Å²) in [5.74, 6) is -0.256. The lowest BCUT2D eigenvalue weighted by Gasteiger charge is -2.45. The van der Waals surface area contributed by atoms with Gasteiger partial charge in [-0.3, -0.25) is 4.79 Å². The largest absolute Gasteiger partial charge is 0.374 e. The van der Waals surface area contributed by atoms with Crippen molar-refractivity contribution in [2.45, 2.75) is 43.9 Å². The molecule has 0 radical (unpaired) electrons. The SMILES string of the molecule is C=CCO[C@@H]1[C@@H](NC(=O)c2ccccc2)[C@@H](OC)O[C@H](COCc2ccccc2)[C@H]1OCc1ccccc1. The van der Waals surface area contributed by atoms with Crippen LogP contribution in [-0.2, 0) is 36.9 Å². The zero-order valence-electron chi connectivity index (χ0n) is 21.6. The Morgan fingerprint density at radius 1 is 0.868 bits per heavy atom. The molecule has 1 fully saturated rings. The molecule has 4 rings (SSSR count). The summed E-state index contributed by atoms with van der Waals surface area (Å²) >= 11 is 0. The Bertz CT molecular complexity index is 1110. The zero-order chi connectivity index (χ0) is 26.6. The van der Waals surface area contributed by atoms with Crippen molar-refractivity contribution in [3.05, 3.63) is 120 Å². The van der Waals surface area contributed by atoms with Gasteiger partial charge in [0.05, 0.1) is 26.4 Å². The van der Waals surface area contributed by atoms with Crippen molar-refractivity contribution in [1.29, 1.82) is 0 Å². The lowest BCUT2D eigenvalue weighted by Crippen LogP contribution is -2.66. The minimum atomic E-state index is -0.778. The molecule has 0 bridgehead atoms. The molecule has 0 aliphatic carbocycles. The minimum Gasteiger partial charge on any atom is -0.374 e. The predicted molar refractivity (Wildman–Crippen MR) is 144 cm³/mol. The van der Waals surface area contributed by atoms with Crippen LogP contribution < -0.4 is 5.32 Å². The van der Waals surface area contributed by atoms with Crippen LogP contribution in [0.5, 0.6) is 0 Å². The summed E-state index contributed by atoms with van der Waals surface area (Å²) in [5.41, 5.74) is 2.60. The second kappa shape index (κ2) is 14.6. The van der Waals surface area contributed by atoms with Gasteiger partial charge in [0.2, 0.25) is 0 Å². The number of rotatable bonds is 13. The molecule has 38 heavy (non-hydrogen) atoms. The quantitative estimate of drug-likeness (QED) is 0.336. The van der Waals surface area contributed by atoms with Crippen molar-refractivity contribution in [3.8, 4) is 0 Å². The van der Waals surface area contributed by atoms with Gasteiger partial charge in [0, 0.05) is 12.7 Å². The standard InChI is InChI=1S/C31H35NO6/c1-3-19-36-29-27(32-30(33)25-17-11-6-12-18-25)31(34-2)38-26(22-35-20-23-13-7-4-8-14-23)28(29)37-21-24-15-9-5-10-16-24/h3-18,26-29,31H,1,19-22H2,2H3,(H,32,33)/t26-,27-,28-,29-,31+/m1/s1. The molecule has 3 aromatic rings. The van der Waals surface area contributed by atoms with E-state index in [1.165, 1.54) is 0 Å². The number of methoxy groups -OCH3 is 1. The van der Waals surface area contributed by atoms with Crippen LogP contribution in [0.15, 0.2) is 104 Å². The first-order valence-electron chi connectivity index (χ1n) is 12.7. The van der Waals surface area contributed by atoms with E-state index in [-0.39, 0.29) is 19.1 Å². The van der Waals surface area contributed by atoms with Gasteiger partial charge in [0.25, 0.3) is 5.91 Å². The van der Waals surface area contributed by atoms with Crippen molar-refractivity contribution in [2.24, 2.45) is 0 Å². The molecule has 0 spiro atoms. The smallest absolute Gasteiger partial charge is 0.251 e. The summed E-state index contributed by atoms with van der Waals surface area (Å²) in [6.45, 7) is 5.08. The minimum absolute atomic E-state index is 0.251. The van der Waals surface area contributed by atoms with E-state index in [1.54, 1.807) is 25.3 Å². The van der Waals surface area contributed by atoms with Crippen LogP contribution in [0.2, 0.25) is 0 Å². The molecule has 0 aromatic heterocycles. The average Bonchev–Trinajstić information content (AvgIpc) is 2.97. The number of benzene rings is 3. The van der Waals surface area contributed by atoms with Crippen LogP contribution in [-0.4, -0.2) is 56.9 Å². The van der Waals surface area contributed by atoms with Crippen LogP contribution in [0.4, 0.5) is 0 Å². The predicted octanol–water partition coefficient (Wildman–Crippen LogP) is 4.53. The second-order valence-electron chi connectivity index (χ2n) is 8.99. The normalized spacial score (nSPS) is 23.0. The third-order valence-corrected chi connectivity index (χ3v) is 6.30. The molecule has 7 heteroatoms. The highest BCUT2D eigenvalue weighted by molar-refractivity contribution is 5.94. The summed E-state index contributed by atoms with van der Waals surface area (Å²) in [6, 6.07) is 28.2. The maximum absolute atomic E-state index is 13.1. The maximum atomic E-state index is 13.1. The van der Waals surface area contributed by atoms with Crippen LogP contribution >= 0.6 is 0 Å². The lowest BCUT2D eigenvalue weighted by atomic mass is 9.95. The van der Waals surface area contributed by atoms with Crippen molar-refractivity contribution in [1.82, 2.24) is 5.32 Å². The molecule has 7 nitrogen and oxygen atoms in total. The van der Waals surface area contributed by atoms with E-state index >= 15 is 0 Å². The molecule has 1 aliphatic heterocycles. The van der Waals surface area contributed by atoms with E-state index in [2.05, 4.69) is 11.9 Å². The first kappa shape index (κ1) is 27.7. The first-order valence-corrected chi connectivity index (χ1v) is 12.7. The number of carbonyl (C=O) groups excluding carboxylic acids is 1. The van der Waals surface area contributed by atoms with Gasteiger partial charge in [-0.2, -0.15) is 0 Å². The average molecular weight is 518 g/mol. The van der Waals surface area contributed by atoms with Gasteiger partial charge in [0.15, 0.2) is 6.29 Å². The third kappa shape index (κ3) is 7.60. The summed E-state index contributed by atoms with van der Waals surface area (Å²) in [7, 11) is 1.55. The number of carbonyl (C=O) groups is 1. The van der Waals surface area contributed by atoms with Crippen molar-refractivity contribution in [2.75, 3.05) is 20.3 Å². The van der Waals surface area contributed by atoms with Crippen LogP contribution in [0.25, 0.3) is 0 Å². The Labute approximate surface area is 224 Å². The van der Waals surface area contributed by atoms with E-state index in [4.69, 9.17) is 23.7 Å². The third-order valence-electron chi connectivity index (χ3n) is 6.30. The zero-order valence-corrected chi connectivity index (χ0v) is 21.6. The van der Waals surface area contributed by atoms with E-state index in [9.17, 15) is 4.79 Å². The molecule has 3 aromatic carbocycles. The summed E-state index contributed by atoms with van der Waals surface area (Å²) < 4.78 is 30.8. The van der Waals surface area contributed by atoms with Crippen LogP contribution in [0, 0.1) is 0 Å². The molecule has 1 saturated heterocycles. The van der Waals surface area contributed by atoms with Crippen molar-refractivity contribution in [3.63, 3.8) is 0 Å². The Balaban J connectivity index is 1.56. The molecule has 0 saturated carbocycles. The van der Waals surface area contributed by atoms with Gasteiger partial charge >= 0.3 is 0 Å². The van der Waals surface area contributed by atoms with Gasteiger partial charge in [-0.25, -0.2) is 0 Å². The fourth-order valence-corrected chi connectivity index (χ4v) is 4.43. The molecule has 1 aliphatic rings. The number of amides is 1. The molecule has 1 heterocycles. The summed E-state index contributed by atoms with van der Waals surface area (Å²) in [5, 5.41) is 3.06. The number of hydrogen-bond acceptors (Lipinski definition) is 6. The van der Waals surface area contributed by atoms with Gasteiger partial charge in [0.1, 0.15) is 24.4 Å². The maximum Gasteiger partial charge on any atom is 0.251 e. The van der Waals surface area contributed by atoms with E-state index in [0.29, 0.717) is 18.8 Å². The van der Waals surface area contributed by atoms with Crippen LogP contribution in [0.1, 0.15) is 21.5 Å². The van der Waals surface area contributed by atoms with Gasteiger partial charge < -0.3 is 29.0 Å². The molecule has 0 unspecified atom stereocenters. The lowest BCUT2D eigenvalue weighted by molar-refractivity contribution is -0.281. The number of hydrogen-bond donors (Lipinski definition) is 1.